The lowest BCUT2D eigenvalue weighted by Gasteiger charge is -2.12. The number of amides is 1. The SMILES string of the molecule is COc1ccc(NC(=O)c2ccc(Oc3ccc(Cl)cc3[N+](=O)[O-])c(OC)c2)cc1. The molecular formula is C21H17ClN2O6. The van der Waals surface area contributed by atoms with Crippen molar-refractivity contribution in [1.82, 2.24) is 0 Å². The number of nitro benzene ring substituents is 1. The fourth-order valence-corrected chi connectivity index (χ4v) is 2.78. The summed E-state index contributed by atoms with van der Waals surface area (Å²) in [5, 5.41) is 14.2. The molecule has 9 heteroatoms. The summed E-state index contributed by atoms with van der Waals surface area (Å²) in [7, 11) is 2.96. The number of hydrogen-bond donors (Lipinski definition) is 1. The van der Waals surface area contributed by atoms with E-state index in [-0.39, 0.29) is 33.9 Å². The van der Waals surface area contributed by atoms with E-state index >= 15 is 0 Å². The summed E-state index contributed by atoms with van der Waals surface area (Å²) in [6, 6.07) is 15.5. The van der Waals surface area contributed by atoms with Crippen LogP contribution in [0, 0.1) is 10.1 Å². The molecule has 0 aliphatic carbocycles. The Balaban J connectivity index is 1.82. The number of nitrogens with zero attached hydrogens (tertiary/aromatic N) is 1. The lowest BCUT2D eigenvalue weighted by Crippen LogP contribution is -2.12. The third kappa shape index (κ3) is 4.79. The molecule has 1 N–H and O–H groups in total. The highest BCUT2D eigenvalue weighted by Crippen LogP contribution is 2.38. The molecule has 0 radical (unpaired) electrons. The molecule has 0 unspecified atom stereocenters. The summed E-state index contributed by atoms with van der Waals surface area (Å²) in [6.45, 7) is 0. The predicted octanol–water partition coefficient (Wildman–Crippen LogP) is 5.31. The first-order chi connectivity index (χ1) is 14.4. The molecular weight excluding hydrogens is 412 g/mol. The van der Waals surface area contributed by atoms with E-state index in [0.717, 1.165) is 0 Å². The van der Waals surface area contributed by atoms with E-state index in [4.69, 9.17) is 25.8 Å². The summed E-state index contributed by atoms with van der Waals surface area (Å²) >= 11 is 5.83. The third-order valence-electron chi connectivity index (χ3n) is 4.11. The topological polar surface area (TPSA) is 99.9 Å². The molecule has 0 saturated carbocycles. The Labute approximate surface area is 177 Å². The van der Waals surface area contributed by atoms with Crippen molar-refractivity contribution < 1.29 is 23.9 Å². The van der Waals surface area contributed by atoms with E-state index in [1.807, 2.05) is 0 Å². The summed E-state index contributed by atoms with van der Waals surface area (Å²) in [5.41, 5.74) is 0.628. The first-order valence-corrected chi connectivity index (χ1v) is 9.04. The molecule has 8 nitrogen and oxygen atoms in total. The van der Waals surface area contributed by atoms with Crippen LogP contribution in [0.25, 0.3) is 0 Å². The van der Waals surface area contributed by atoms with Gasteiger partial charge in [-0.05, 0) is 54.6 Å². The first kappa shape index (κ1) is 20.9. The average Bonchev–Trinajstić information content (AvgIpc) is 2.75. The van der Waals surface area contributed by atoms with Crippen LogP contribution in [-0.2, 0) is 0 Å². The maximum Gasteiger partial charge on any atom is 0.313 e. The minimum atomic E-state index is -0.593. The smallest absolute Gasteiger partial charge is 0.313 e. The summed E-state index contributed by atoms with van der Waals surface area (Å²) in [6.07, 6.45) is 0. The zero-order valence-corrected chi connectivity index (χ0v) is 16.8. The number of rotatable bonds is 7. The van der Waals surface area contributed by atoms with Gasteiger partial charge in [-0.1, -0.05) is 11.6 Å². The molecule has 0 atom stereocenters. The molecule has 0 bridgehead atoms. The summed E-state index contributed by atoms with van der Waals surface area (Å²) in [4.78, 5) is 23.2. The number of carbonyl (C=O) groups excluding carboxylic acids is 1. The molecule has 0 spiro atoms. The van der Waals surface area contributed by atoms with Gasteiger partial charge in [0.05, 0.1) is 19.1 Å². The van der Waals surface area contributed by atoms with Crippen molar-refractivity contribution in [2.24, 2.45) is 0 Å². The van der Waals surface area contributed by atoms with Crippen molar-refractivity contribution in [3.05, 3.63) is 81.4 Å². The molecule has 0 heterocycles. The van der Waals surface area contributed by atoms with Gasteiger partial charge in [-0.3, -0.25) is 14.9 Å². The zero-order valence-electron chi connectivity index (χ0n) is 16.0. The Bertz CT molecular complexity index is 1090. The number of halogens is 1. The van der Waals surface area contributed by atoms with Crippen LogP contribution in [0.1, 0.15) is 10.4 Å². The fourth-order valence-electron chi connectivity index (χ4n) is 2.61. The zero-order chi connectivity index (χ0) is 21.7. The fraction of sp³-hybridized carbons (Fsp3) is 0.0952. The van der Waals surface area contributed by atoms with Crippen LogP contribution < -0.4 is 19.5 Å². The van der Waals surface area contributed by atoms with Gasteiger partial charge in [-0.2, -0.15) is 0 Å². The number of anilines is 1. The molecule has 0 fully saturated rings. The van der Waals surface area contributed by atoms with Gasteiger partial charge in [0.2, 0.25) is 5.75 Å². The van der Waals surface area contributed by atoms with Crippen LogP contribution >= 0.6 is 11.6 Å². The van der Waals surface area contributed by atoms with E-state index in [1.165, 1.54) is 43.5 Å². The van der Waals surface area contributed by atoms with E-state index < -0.39 is 4.92 Å². The predicted molar refractivity (Wildman–Crippen MR) is 112 cm³/mol. The Hall–Kier alpha value is -3.78. The molecule has 0 aliphatic rings. The molecule has 3 rings (SSSR count). The van der Waals surface area contributed by atoms with Crippen molar-refractivity contribution in [1.29, 1.82) is 0 Å². The van der Waals surface area contributed by atoms with E-state index in [9.17, 15) is 14.9 Å². The van der Waals surface area contributed by atoms with Crippen LogP contribution in [0.4, 0.5) is 11.4 Å². The van der Waals surface area contributed by atoms with Gasteiger partial charge in [-0.25, -0.2) is 0 Å². The monoisotopic (exact) mass is 428 g/mol. The normalized spacial score (nSPS) is 10.2. The second kappa shape index (κ2) is 9.15. The van der Waals surface area contributed by atoms with Gasteiger partial charge >= 0.3 is 5.69 Å². The molecule has 1 amide bonds. The quantitative estimate of drug-likeness (QED) is 0.404. The van der Waals surface area contributed by atoms with Crippen LogP contribution in [0.5, 0.6) is 23.0 Å². The number of hydrogen-bond acceptors (Lipinski definition) is 6. The minimum absolute atomic E-state index is 0.00173. The second-order valence-electron chi connectivity index (χ2n) is 6.02. The van der Waals surface area contributed by atoms with Crippen molar-refractivity contribution in [2.75, 3.05) is 19.5 Å². The largest absolute Gasteiger partial charge is 0.497 e. The molecule has 30 heavy (non-hydrogen) atoms. The Morgan fingerprint density at radius 1 is 0.933 bits per heavy atom. The highest BCUT2D eigenvalue weighted by atomic mass is 35.5. The van der Waals surface area contributed by atoms with Gasteiger partial charge in [0.1, 0.15) is 5.75 Å². The molecule has 3 aromatic rings. The molecule has 0 aliphatic heterocycles. The number of nitro groups is 1. The first-order valence-electron chi connectivity index (χ1n) is 8.66. The maximum absolute atomic E-state index is 12.5. The minimum Gasteiger partial charge on any atom is -0.497 e. The number of benzene rings is 3. The highest BCUT2D eigenvalue weighted by Gasteiger charge is 2.19. The standard InChI is InChI=1S/C21H17ClN2O6/c1-28-16-7-5-15(6-8-16)23-21(25)13-3-9-19(20(11-13)29-2)30-18-10-4-14(22)12-17(18)24(26)27/h3-12H,1-2H3,(H,23,25). The lowest BCUT2D eigenvalue weighted by molar-refractivity contribution is -0.385. The van der Waals surface area contributed by atoms with Gasteiger partial charge in [0, 0.05) is 22.3 Å². The highest BCUT2D eigenvalue weighted by molar-refractivity contribution is 6.30. The number of methoxy groups -OCH3 is 2. The van der Waals surface area contributed by atoms with E-state index in [0.29, 0.717) is 17.0 Å². The van der Waals surface area contributed by atoms with Crippen molar-refractivity contribution in [3.8, 4) is 23.0 Å². The van der Waals surface area contributed by atoms with Crippen molar-refractivity contribution in [2.45, 2.75) is 0 Å². The average molecular weight is 429 g/mol. The van der Waals surface area contributed by atoms with Crippen LogP contribution in [0.2, 0.25) is 5.02 Å². The van der Waals surface area contributed by atoms with Gasteiger partial charge < -0.3 is 19.5 Å². The van der Waals surface area contributed by atoms with Crippen LogP contribution in [0.15, 0.2) is 60.7 Å². The van der Waals surface area contributed by atoms with Crippen LogP contribution in [0.3, 0.4) is 0 Å². The van der Waals surface area contributed by atoms with Gasteiger partial charge in [-0.15, -0.1) is 0 Å². The number of nitrogens with one attached hydrogen (secondary N) is 1. The van der Waals surface area contributed by atoms with Gasteiger partial charge in [0.15, 0.2) is 11.5 Å². The summed E-state index contributed by atoms with van der Waals surface area (Å²) in [5.74, 6) is 0.763. The molecule has 0 saturated heterocycles. The maximum atomic E-state index is 12.5. The van der Waals surface area contributed by atoms with E-state index in [1.54, 1.807) is 31.4 Å². The number of carbonyl (C=O) groups is 1. The Morgan fingerprint density at radius 2 is 1.63 bits per heavy atom. The second-order valence-corrected chi connectivity index (χ2v) is 6.46. The molecule has 154 valence electrons. The third-order valence-corrected chi connectivity index (χ3v) is 4.35. The van der Waals surface area contributed by atoms with Gasteiger partial charge in [0.25, 0.3) is 5.91 Å². The summed E-state index contributed by atoms with van der Waals surface area (Å²) < 4.78 is 16.0. The lowest BCUT2D eigenvalue weighted by atomic mass is 10.1. The Morgan fingerprint density at radius 3 is 2.27 bits per heavy atom. The molecule has 0 aromatic heterocycles. The van der Waals surface area contributed by atoms with Crippen molar-refractivity contribution >= 4 is 28.9 Å². The van der Waals surface area contributed by atoms with Crippen LogP contribution in [-0.4, -0.2) is 25.1 Å². The number of ether oxygens (including phenoxy) is 3. The Kier molecular flexibility index (Phi) is 6.38. The molecule has 3 aromatic carbocycles. The van der Waals surface area contributed by atoms with Crippen molar-refractivity contribution in [3.63, 3.8) is 0 Å². The van der Waals surface area contributed by atoms with E-state index in [2.05, 4.69) is 5.32 Å².